The molecule has 0 aliphatic rings. The van der Waals surface area contributed by atoms with Crippen LogP contribution in [0.4, 0.5) is 30.7 Å². The minimum absolute atomic E-state index is 0.158. The zero-order valence-corrected chi connectivity index (χ0v) is 14.4. The maximum absolute atomic E-state index is 13.2. The molecule has 0 aliphatic carbocycles. The largest absolute Gasteiger partial charge is 0.469 e. The van der Waals surface area contributed by atoms with Crippen molar-refractivity contribution in [3.8, 4) is 0 Å². The van der Waals surface area contributed by atoms with Crippen LogP contribution in [0.25, 0.3) is 0 Å². The minimum atomic E-state index is -6.38. The van der Waals surface area contributed by atoms with Crippen LogP contribution in [-0.4, -0.2) is 36.2 Å². The van der Waals surface area contributed by atoms with Crippen LogP contribution >= 0.6 is 11.3 Å². The van der Waals surface area contributed by atoms with Gasteiger partial charge in [-0.3, -0.25) is 4.79 Å². The van der Waals surface area contributed by atoms with Crippen molar-refractivity contribution < 1.29 is 45.4 Å². The Hall–Kier alpha value is -1.36. The van der Waals surface area contributed by atoms with Gasteiger partial charge in [-0.2, -0.15) is 30.7 Å². The molecule has 0 radical (unpaired) electrons. The summed E-state index contributed by atoms with van der Waals surface area (Å²) in [5, 5.41) is 9.79. The number of rotatable bonds is 9. The summed E-state index contributed by atoms with van der Waals surface area (Å²) in [4.78, 5) is 11.8. The van der Waals surface area contributed by atoms with Crippen molar-refractivity contribution >= 4 is 17.3 Å². The molecular weight excluding hydrogens is 393 g/mol. The van der Waals surface area contributed by atoms with Crippen molar-refractivity contribution in [2.45, 2.75) is 56.2 Å². The maximum atomic E-state index is 13.2. The second-order valence-corrected chi connectivity index (χ2v) is 6.76. The molecule has 1 unspecified atom stereocenters. The van der Waals surface area contributed by atoms with Crippen molar-refractivity contribution in [3.63, 3.8) is 0 Å². The summed E-state index contributed by atoms with van der Waals surface area (Å²) in [6.07, 6.45) is -9.71. The zero-order chi connectivity index (χ0) is 20.2. The summed E-state index contributed by atoms with van der Waals surface area (Å²) >= 11 is 1.01. The van der Waals surface area contributed by atoms with Crippen LogP contribution in [0.15, 0.2) is 12.1 Å². The number of alkyl halides is 7. The highest BCUT2D eigenvalue weighted by Crippen LogP contribution is 2.49. The third-order valence-electron chi connectivity index (χ3n) is 3.59. The van der Waals surface area contributed by atoms with E-state index >= 15 is 0 Å². The molecule has 1 N–H and O–H groups in total. The van der Waals surface area contributed by atoms with E-state index in [0.29, 0.717) is 17.7 Å². The molecule has 1 aromatic heterocycles. The molecule has 0 amide bonds. The molecule has 0 bridgehead atoms. The van der Waals surface area contributed by atoms with Crippen LogP contribution in [0.3, 0.4) is 0 Å². The number of hydrogen-bond acceptors (Lipinski definition) is 4. The van der Waals surface area contributed by atoms with E-state index in [1.54, 1.807) is 6.07 Å². The molecule has 1 atom stereocenters. The van der Waals surface area contributed by atoms with Gasteiger partial charge in [0, 0.05) is 22.6 Å². The molecule has 1 aromatic rings. The zero-order valence-electron chi connectivity index (χ0n) is 13.6. The molecule has 0 aliphatic heterocycles. The first-order valence-corrected chi connectivity index (χ1v) is 8.29. The molecule has 1 heterocycles. The van der Waals surface area contributed by atoms with E-state index in [-0.39, 0.29) is 11.3 Å². The summed E-state index contributed by atoms with van der Waals surface area (Å²) in [5.74, 6) is -11.9. The summed E-state index contributed by atoms with van der Waals surface area (Å²) in [6.45, 7) is 0. The third-order valence-corrected chi connectivity index (χ3v) is 4.84. The Bertz CT molecular complexity index is 598. The molecular formula is C15H17F7O3S. The van der Waals surface area contributed by atoms with E-state index in [4.69, 9.17) is 0 Å². The maximum Gasteiger partial charge on any atom is 0.459 e. The number of carbonyl (C=O) groups excluding carboxylic acids is 1. The van der Waals surface area contributed by atoms with Gasteiger partial charge in [-0.05, 0) is 31.4 Å². The number of methoxy groups -OCH3 is 1. The third kappa shape index (κ3) is 5.57. The van der Waals surface area contributed by atoms with Gasteiger partial charge in [0.2, 0.25) is 0 Å². The van der Waals surface area contributed by atoms with E-state index in [1.165, 1.54) is 13.2 Å². The van der Waals surface area contributed by atoms with Crippen molar-refractivity contribution in [3.05, 3.63) is 21.9 Å². The number of thiophene rings is 1. The lowest BCUT2D eigenvalue weighted by Crippen LogP contribution is -2.51. The minimum Gasteiger partial charge on any atom is -0.469 e. The molecule has 3 nitrogen and oxygen atoms in total. The summed E-state index contributed by atoms with van der Waals surface area (Å²) in [7, 11) is 1.24. The summed E-state index contributed by atoms with van der Waals surface area (Å²) < 4.78 is 92.7. The van der Waals surface area contributed by atoms with E-state index in [1.807, 2.05) is 0 Å². The fraction of sp³-hybridized carbons (Fsp3) is 0.667. The first-order valence-electron chi connectivity index (χ1n) is 7.47. The van der Waals surface area contributed by atoms with E-state index in [9.17, 15) is 40.6 Å². The molecule has 26 heavy (non-hydrogen) atoms. The highest BCUT2D eigenvalue weighted by atomic mass is 32.1. The SMILES string of the molecule is COC(=O)CCCc1ccc(C(O)CCC(F)(F)C(F)(F)C(F)(F)F)s1. The second kappa shape index (κ2) is 8.55. The first-order chi connectivity index (χ1) is 11.8. The topological polar surface area (TPSA) is 46.5 Å². The molecule has 0 saturated heterocycles. The number of esters is 1. The van der Waals surface area contributed by atoms with Gasteiger partial charge < -0.3 is 9.84 Å². The molecule has 11 heteroatoms. The Labute approximate surface area is 148 Å². The Balaban J connectivity index is 2.61. The predicted molar refractivity (Wildman–Crippen MR) is 79.4 cm³/mol. The van der Waals surface area contributed by atoms with Crippen LogP contribution in [-0.2, 0) is 16.0 Å². The standard InChI is InChI=1S/C15H17F7O3S/c1-25-12(24)4-2-3-9-5-6-11(26-9)10(23)7-8-13(16,17)14(18,19)15(20,21)22/h5-6,10,23H,2-4,7-8H2,1H3. The highest BCUT2D eigenvalue weighted by Gasteiger charge is 2.72. The average Bonchev–Trinajstić information content (AvgIpc) is 3.00. The Morgan fingerprint density at radius 1 is 1.19 bits per heavy atom. The summed E-state index contributed by atoms with van der Waals surface area (Å²) in [5.41, 5.74) is 0. The van der Waals surface area contributed by atoms with Crippen molar-refractivity contribution in [2.75, 3.05) is 7.11 Å². The van der Waals surface area contributed by atoms with Crippen molar-refractivity contribution in [2.24, 2.45) is 0 Å². The molecule has 0 spiro atoms. The number of aliphatic hydroxyl groups excluding tert-OH is 1. The monoisotopic (exact) mass is 410 g/mol. The number of hydrogen-bond donors (Lipinski definition) is 1. The van der Waals surface area contributed by atoms with Gasteiger partial charge in [0.05, 0.1) is 13.2 Å². The Kier molecular flexibility index (Phi) is 7.46. The molecule has 0 saturated carbocycles. The lowest BCUT2D eigenvalue weighted by atomic mass is 10.0. The molecule has 150 valence electrons. The smallest absolute Gasteiger partial charge is 0.459 e. The number of carbonyl (C=O) groups is 1. The van der Waals surface area contributed by atoms with Crippen molar-refractivity contribution in [1.29, 1.82) is 0 Å². The van der Waals surface area contributed by atoms with Crippen LogP contribution in [0.5, 0.6) is 0 Å². The second-order valence-electron chi connectivity index (χ2n) is 5.56. The van der Waals surface area contributed by atoms with E-state index in [0.717, 1.165) is 11.3 Å². The van der Waals surface area contributed by atoms with Gasteiger partial charge in [0.15, 0.2) is 0 Å². The average molecular weight is 410 g/mol. The number of halogens is 7. The highest BCUT2D eigenvalue weighted by molar-refractivity contribution is 7.12. The lowest BCUT2D eigenvalue weighted by Gasteiger charge is -2.28. The fourth-order valence-corrected chi connectivity index (χ4v) is 3.12. The quantitative estimate of drug-likeness (QED) is 0.466. The van der Waals surface area contributed by atoms with Crippen LogP contribution in [0.2, 0.25) is 0 Å². The number of ether oxygens (including phenoxy) is 1. The molecule has 0 fully saturated rings. The van der Waals surface area contributed by atoms with Gasteiger partial charge in [0.1, 0.15) is 0 Å². The van der Waals surface area contributed by atoms with Crippen LogP contribution in [0, 0.1) is 0 Å². The van der Waals surface area contributed by atoms with Gasteiger partial charge in [0.25, 0.3) is 0 Å². The number of aliphatic hydroxyl groups is 1. The number of aryl methyl sites for hydroxylation is 1. The summed E-state index contributed by atoms with van der Waals surface area (Å²) in [6, 6.07) is 2.94. The van der Waals surface area contributed by atoms with E-state index in [2.05, 4.69) is 4.74 Å². The fourth-order valence-electron chi connectivity index (χ4n) is 2.04. The first kappa shape index (κ1) is 22.7. The van der Waals surface area contributed by atoms with Gasteiger partial charge >= 0.3 is 24.0 Å². The molecule has 1 rings (SSSR count). The van der Waals surface area contributed by atoms with Gasteiger partial charge in [-0.15, -0.1) is 11.3 Å². The van der Waals surface area contributed by atoms with Crippen LogP contribution in [0.1, 0.15) is 41.5 Å². The molecule has 0 aromatic carbocycles. The lowest BCUT2D eigenvalue weighted by molar-refractivity contribution is -0.356. The normalized spacial score (nSPS) is 14.3. The van der Waals surface area contributed by atoms with Crippen LogP contribution < -0.4 is 0 Å². The Morgan fingerprint density at radius 2 is 1.81 bits per heavy atom. The predicted octanol–water partition coefficient (Wildman–Crippen LogP) is 4.89. The van der Waals surface area contributed by atoms with Gasteiger partial charge in [-0.25, -0.2) is 0 Å². The van der Waals surface area contributed by atoms with E-state index < -0.39 is 42.9 Å². The van der Waals surface area contributed by atoms with Gasteiger partial charge in [-0.1, -0.05) is 0 Å². The van der Waals surface area contributed by atoms with Crippen molar-refractivity contribution in [1.82, 2.24) is 0 Å². The Morgan fingerprint density at radius 3 is 2.35 bits per heavy atom.